The molecule has 0 bridgehead atoms. The summed E-state index contributed by atoms with van der Waals surface area (Å²) in [6, 6.07) is 0.488. The minimum Gasteiger partial charge on any atom is -0.406 e. The zero-order chi connectivity index (χ0) is 10.9. The van der Waals surface area contributed by atoms with Crippen LogP contribution >= 0.6 is 11.6 Å². The lowest BCUT2D eigenvalue weighted by atomic mass is 10.0. The van der Waals surface area contributed by atoms with Crippen molar-refractivity contribution < 1.29 is 4.42 Å². The average molecular weight is 230 g/mol. The molecule has 1 heterocycles. The first kappa shape index (κ1) is 10.7. The van der Waals surface area contributed by atoms with Gasteiger partial charge in [0.15, 0.2) is 0 Å². The van der Waals surface area contributed by atoms with Crippen molar-refractivity contribution in [2.75, 3.05) is 5.32 Å². The number of nitrogens with one attached hydrogen (secondary N) is 1. The molecule has 1 N–H and O–H groups in total. The van der Waals surface area contributed by atoms with Gasteiger partial charge in [0.1, 0.15) is 5.38 Å². The summed E-state index contributed by atoms with van der Waals surface area (Å²) in [7, 11) is 0. The molecule has 1 atom stereocenters. The zero-order valence-corrected chi connectivity index (χ0v) is 9.84. The third-order valence-corrected chi connectivity index (χ3v) is 3.08. The molecule has 1 aliphatic carbocycles. The highest BCUT2D eigenvalue weighted by Gasteiger charge is 2.30. The Bertz CT molecular complexity index is 331. The molecular formula is C10H16ClN3O. The molecule has 1 aromatic heterocycles. The van der Waals surface area contributed by atoms with E-state index in [9.17, 15) is 0 Å². The number of anilines is 1. The Morgan fingerprint density at radius 2 is 2.07 bits per heavy atom. The summed E-state index contributed by atoms with van der Waals surface area (Å²) >= 11 is 5.84. The second-order valence-electron chi connectivity index (χ2n) is 4.45. The molecule has 0 aromatic carbocycles. The number of halogens is 1. The highest BCUT2D eigenvalue weighted by Crippen LogP contribution is 2.32. The lowest BCUT2D eigenvalue weighted by molar-refractivity contribution is 0.464. The number of nitrogens with zero attached hydrogens (tertiary/aromatic N) is 2. The summed E-state index contributed by atoms with van der Waals surface area (Å²) in [5, 5.41) is 10.9. The van der Waals surface area contributed by atoms with Crippen molar-refractivity contribution in [1.29, 1.82) is 0 Å². The van der Waals surface area contributed by atoms with E-state index >= 15 is 0 Å². The molecular weight excluding hydrogens is 214 g/mol. The number of alkyl halides is 1. The molecule has 4 nitrogen and oxygen atoms in total. The Kier molecular flexibility index (Phi) is 2.87. The quantitative estimate of drug-likeness (QED) is 0.810. The van der Waals surface area contributed by atoms with Crippen LogP contribution in [0.4, 0.5) is 6.01 Å². The van der Waals surface area contributed by atoms with E-state index in [4.69, 9.17) is 16.0 Å². The van der Waals surface area contributed by atoms with Gasteiger partial charge in [0, 0.05) is 5.54 Å². The predicted octanol–water partition coefficient (Wildman–Crippen LogP) is 3.11. The van der Waals surface area contributed by atoms with E-state index in [1.807, 2.05) is 6.92 Å². The molecule has 1 aliphatic rings. The molecule has 1 saturated carbocycles. The van der Waals surface area contributed by atoms with Gasteiger partial charge in [0.2, 0.25) is 5.89 Å². The molecule has 0 spiro atoms. The van der Waals surface area contributed by atoms with Crippen LogP contribution in [0, 0.1) is 0 Å². The summed E-state index contributed by atoms with van der Waals surface area (Å²) in [6.07, 6.45) is 4.83. The van der Waals surface area contributed by atoms with Crippen LogP contribution in [0.2, 0.25) is 0 Å². The van der Waals surface area contributed by atoms with Gasteiger partial charge in [-0.05, 0) is 26.7 Å². The fourth-order valence-corrected chi connectivity index (χ4v) is 2.07. The highest BCUT2D eigenvalue weighted by atomic mass is 35.5. The maximum absolute atomic E-state index is 5.84. The maximum atomic E-state index is 5.84. The standard InChI is InChI=1S/C10H16ClN3O/c1-7(11)8-13-14-9(15-8)12-10(2)5-3-4-6-10/h7H,3-6H2,1-2H3,(H,12,14). The van der Waals surface area contributed by atoms with Crippen molar-refractivity contribution in [2.24, 2.45) is 0 Å². The third-order valence-electron chi connectivity index (χ3n) is 2.90. The second-order valence-corrected chi connectivity index (χ2v) is 5.11. The van der Waals surface area contributed by atoms with E-state index in [2.05, 4.69) is 22.4 Å². The van der Waals surface area contributed by atoms with E-state index in [-0.39, 0.29) is 10.9 Å². The van der Waals surface area contributed by atoms with Crippen LogP contribution in [0.15, 0.2) is 4.42 Å². The lowest BCUT2D eigenvalue weighted by Gasteiger charge is -2.23. The normalized spacial score (nSPS) is 21.5. The first-order valence-corrected chi connectivity index (χ1v) is 5.78. The third kappa shape index (κ3) is 2.43. The largest absolute Gasteiger partial charge is 0.406 e. The van der Waals surface area contributed by atoms with Gasteiger partial charge in [-0.3, -0.25) is 0 Å². The summed E-state index contributed by atoms with van der Waals surface area (Å²) in [4.78, 5) is 0. The molecule has 15 heavy (non-hydrogen) atoms. The van der Waals surface area contributed by atoms with Gasteiger partial charge in [-0.25, -0.2) is 0 Å². The monoisotopic (exact) mass is 229 g/mol. The highest BCUT2D eigenvalue weighted by molar-refractivity contribution is 6.20. The Labute approximate surface area is 94.4 Å². The van der Waals surface area contributed by atoms with Gasteiger partial charge in [0.25, 0.3) is 0 Å². The van der Waals surface area contributed by atoms with Gasteiger partial charge in [-0.1, -0.05) is 17.9 Å². The summed E-state index contributed by atoms with van der Waals surface area (Å²) < 4.78 is 5.41. The van der Waals surface area contributed by atoms with Crippen molar-refractivity contribution in [3.63, 3.8) is 0 Å². The van der Waals surface area contributed by atoms with Crippen molar-refractivity contribution in [3.8, 4) is 0 Å². The van der Waals surface area contributed by atoms with Crippen LogP contribution in [-0.4, -0.2) is 15.7 Å². The molecule has 84 valence electrons. The average Bonchev–Trinajstić information content (AvgIpc) is 2.75. The molecule has 1 unspecified atom stereocenters. The van der Waals surface area contributed by atoms with Crippen LogP contribution in [0.3, 0.4) is 0 Å². The van der Waals surface area contributed by atoms with E-state index in [0.29, 0.717) is 11.9 Å². The molecule has 0 saturated heterocycles. The minimum absolute atomic E-state index is 0.110. The van der Waals surface area contributed by atoms with Crippen LogP contribution < -0.4 is 5.32 Å². The molecule has 2 rings (SSSR count). The summed E-state index contributed by atoms with van der Waals surface area (Å²) in [5.74, 6) is 0.473. The molecule has 0 amide bonds. The van der Waals surface area contributed by atoms with Gasteiger partial charge >= 0.3 is 6.01 Å². The van der Waals surface area contributed by atoms with E-state index in [1.54, 1.807) is 0 Å². The smallest absolute Gasteiger partial charge is 0.315 e. The van der Waals surface area contributed by atoms with Gasteiger partial charge in [-0.2, -0.15) is 0 Å². The Morgan fingerprint density at radius 3 is 2.60 bits per heavy atom. The van der Waals surface area contributed by atoms with E-state index in [1.165, 1.54) is 12.8 Å². The molecule has 1 fully saturated rings. The van der Waals surface area contributed by atoms with Gasteiger partial charge in [0.05, 0.1) is 0 Å². The Morgan fingerprint density at radius 1 is 1.40 bits per heavy atom. The first-order valence-electron chi connectivity index (χ1n) is 5.35. The van der Waals surface area contributed by atoms with E-state index in [0.717, 1.165) is 12.8 Å². The Hall–Kier alpha value is -0.770. The van der Waals surface area contributed by atoms with Crippen LogP contribution in [-0.2, 0) is 0 Å². The molecule has 0 radical (unpaired) electrons. The Balaban J connectivity index is 2.04. The van der Waals surface area contributed by atoms with Crippen LogP contribution in [0.5, 0.6) is 0 Å². The molecule has 0 aliphatic heterocycles. The fourth-order valence-electron chi connectivity index (χ4n) is 1.98. The van der Waals surface area contributed by atoms with Gasteiger partial charge in [-0.15, -0.1) is 16.7 Å². The summed E-state index contributed by atoms with van der Waals surface area (Å²) in [6.45, 7) is 4.00. The fraction of sp³-hybridized carbons (Fsp3) is 0.800. The topological polar surface area (TPSA) is 51.0 Å². The van der Waals surface area contributed by atoms with Crippen molar-refractivity contribution >= 4 is 17.6 Å². The lowest BCUT2D eigenvalue weighted by Crippen LogP contribution is -2.30. The number of hydrogen-bond donors (Lipinski definition) is 1. The number of rotatable bonds is 3. The second kappa shape index (κ2) is 4.00. The summed E-state index contributed by atoms with van der Waals surface area (Å²) in [5.41, 5.74) is 0.110. The maximum Gasteiger partial charge on any atom is 0.315 e. The number of aromatic nitrogens is 2. The van der Waals surface area contributed by atoms with Crippen LogP contribution in [0.1, 0.15) is 50.8 Å². The van der Waals surface area contributed by atoms with Crippen molar-refractivity contribution in [1.82, 2.24) is 10.2 Å². The SMILES string of the molecule is CC(Cl)c1nnc(NC2(C)CCCC2)o1. The van der Waals surface area contributed by atoms with Crippen molar-refractivity contribution in [3.05, 3.63) is 5.89 Å². The van der Waals surface area contributed by atoms with Crippen molar-refractivity contribution in [2.45, 2.75) is 50.4 Å². The van der Waals surface area contributed by atoms with Crippen LogP contribution in [0.25, 0.3) is 0 Å². The zero-order valence-electron chi connectivity index (χ0n) is 9.09. The molecule has 1 aromatic rings. The molecule has 5 heteroatoms. The minimum atomic E-state index is -0.232. The first-order chi connectivity index (χ1) is 7.09. The predicted molar refractivity (Wildman–Crippen MR) is 59.1 cm³/mol. The van der Waals surface area contributed by atoms with E-state index < -0.39 is 0 Å². The van der Waals surface area contributed by atoms with Gasteiger partial charge < -0.3 is 9.73 Å². The number of hydrogen-bond acceptors (Lipinski definition) is 4.